The fourth-order valence-corrected chi connectivity index (χ4v) is 1.69. The molecule has 2 rings (SSSR count). The number of nitrogens with two attached hydrogens (primary N) is 1. The summed E-state index contributed by atoms with van der Waals surface area (Å²) in [5.41, 5.74) is 5.95. The van der Waals surface area contributed by atoms with Crippen molar-refractivity contribution in [1.29, 1.82) is 0 Å². The van der Waals surface area contributed by atoms with Crippen LogP contribution in [0.2, 0.25) is 0 Å². The first kappa shape index (κ1) is 8.97. The van der Waals surface area contributed by atoms with Gasteiger partial charge in [0, 0.05) is 13.1 Å². The van der Waals surface area contributed by atoms with Gasteiger partial charge in [-0.25, -0.2) is 4.99 Å². The Labute approximate surface area is 78.5 Å². The molecule has 0 radical (unpaired) electrons. The van der Waals surface area contributed by atoms with E-state index in [-0.39, 0.29) is 12.1 Å². The first-order valence-electron chi connectivity index (χ1n) is 4.89. The SMILES string of the molecule is CC(C)C(N)C1=NC2CNCC2O1. The van der Waals surface area contributed by atoms with Crippen LogP contribution < -0.4 is 11.1 Å². The molecule has 0 aromatic carbocycles. The average Bonchev–Trinajstić information content (AvgIpc) is 2.59. The number of rotatable bonds is 2. The van der Waals surface area contributed by atoms with Crippen LogP contribution in [-0.4, -0.2) is 37.2 Å². The zero-order chi connectivity index (χ0) is 9.42. The third kappa shape index (κ3) is 1.56. The van der Waals surface area contributed by atoms with Crippen molar-refractivity contribution < 1.29 is 4.74 Å². The van der Waals surface area contributed by atoms with Gasteiger partial charge in [0.05, 0.1) is 6.04 Å². The lowest BCUT2D eigenvalue weighted by Gasteiger charge is -2.16. The molecule has 3 unspecified atom stereocenters. The molecule has 0 bridgehead atoms. The molecule has 2 heterocycles. The second kappa shape index (κ2) is 3.27. The van der Waals surface area contributed by atoms with Crippen molar-refractivity contribution in [2.75, 3.05) is 13.1 Å². The van der Waals surface area contributed by atoms with Crippen molar-refractivity contribution >= 4 is 5.90 Å². The Kier molecular flexibility index (Phi) is 2.26. The summed E-state index contributed by atoms with van der Waals surface area (Å²) in [6, 6.07) is 0.269. The van der Waals surface area contributed by atoms with E-state index in [0.717, 1.165) is 19.0 Å². The van der Waals surface area contributed by atoms with Gasteiger partial charge in [-0.1, -0.05) is 13.8 Å². The fraction of sp³-hybridized carbons (Fsp3) is 0.889. The van der Waals surface area contributed by atoms with Crippen molar-refractivity contribution in [3.8, 4) is 0 Å². The summed E-state index contributed by atoms with van der Waals surface area (Å²) >= 11 is 0. The quantitative estimate of drug-likeness (QED) is 0.620. The molecule has 1 saturated heterocycles. The Balaban J connectivity index is 2.03. The Morgan fingerprint density at radius 3 is 2.92 bits per heavy atom. The zero-order valence-electron chi connectivity index (χ0n) is 8.16. The first-order valence-corrected chi connectivity index (χ1v) is 4.89. The van der Waals surface area contributed by atoms with Crippen LogP contribution in [0.25, 0.3) is 0 Å². The number of nitrogens with one attached hydrogen (secondary N) is 1. The summed E-state index contributed by atoms with van der Waals surface area (Å²) < 4.78 is 5.67. The van der Waals surface area contributed by atoms with Gasteiger partial charge < -0.3 is 15.8 Å². The molecule has 0 spiro atoms. The van der Waals surface area contributed by atoms with E-state index in [0.29, 0.717) is 12.0 Å². The Hall–Kier alpha value is -0.610. The summed E-state index contributed by atoms with van der Waals surface area (Å²) in [5.74, 6) is 1.15. The average molecular weight is 183 g/mol. The molecule has 1 fully saturated rings. The van der Waals surface area contributed by atoms with Gasteiger partial charge in [0.15, 0.2) is 0 Å². The number of ether oxygens (including phenoxy) is 1. The van der Waals surface area contributed by atoms with Crippen LogP contribution in [0.1, 0.15) is 13.8 Å². The van der Waals surface area contributed by atoms with E-state index >= 15 is 0 Å². The molecule has 0 saturated carbocycles. The lowest BCUT2D eigenvalue weighted by Crippen LogP contribution is -2.37. The number of aliphatic imine (C=N–C) groups is 1. The van der Waals surface area contributed by atoms with Crippen molar-refractivity contribution in [3.05, 3.63) is 0 Å². The summed E-state index contributed by atoms with van der Waals surface area (Å²) in [4.78, 5) is 4.48. The van der Waals surface area contributed by atoms with Crippen molar-refractivity contribution in [1.82, 2.24) is 5.32 Å². The van der Waals surface area contributed by atoms with Crippen LogP contribution in [0, 0.1) is 5.92 Å². The highest BCUT2D eigenvalue weighted by molar-refractivity contribution is 5.83. The molecule has 2 aliphatic heterocycles. The Bertz CT molecular complexity index is 227. The van der Waals surface area contributed by atoms with Crippen LogP contribution in [0.5, 0.6) is 0 Å². The normalized spacial score (nSPS) is 34.3. The van der Waals surface area contributed by atoms with Crippen molar-refractivity contribution in [2.24, 2.45) is 16.6 Å². The lowest BCUT2D eigenvalue weighted by atomic mass is 10.1. The Morgan fingerprint density at radius 2 is 2.31 bits per heavy atom. The monoisotopic (exact) mass is 183 g/mol. The van der Waals surface area contributed by atoms with Crippen LogP contribution >= 0.6 is 0 Å². The molecule has 74 valence electrons. The molecule has 13 heavy (non-hydrogen) atoms. The van der Waals surface area contributed by atoms with Gasteiger partial charge >= 0.3 is 0 Å². The molecule has 3 N–H and O–H groups in total. The maximum absolute atomic E-state index is 5.95. The second-order valence-corrected chi connectivity index (χ2v) is 4.12. The first-order chi connectivity index (χ1) is 6.18. The second-order valence-electron chi connectivity index (χ2n) is 4.12. The molecule has 0 amide bonds. The smallest absolute Gasteiger partial charge is 0.201 e. The highest BCUT2D eigenvalue weighted by atomic mass is 16.5. The molecule has 0 aliphatic carbocycles. The fourth-order valence-electron chi connectivity index (χ4n) is 1.69. The van der Waals surface area contributed by atoms with Crippen LogP contribution in [0.3, 0.4) is 0 Å². The van der Waals surface area contributed by atoms with Gasteiger partial charge in [0.2, 0.25) is 5.90 Å². The number of hydrogen-bond acceptors (Lipinski definition) is 4. The van der Waals surface area contributed by atoms with Gasteiger partial charge in [-0.2, -0.15) is 0 Å². The summed E-state index contributed by atoms with van der Waals surface area (Å²) in [7, 11) is 0. The number of hydrogen-bond donors (Lipinski definition) is 2. The van der Waals surface area contributed by atoms with Crippen LogP contribution in [0.15, 0.2) is 4.99 Å². The van der Waals surface area contributed by atoms with Crippen LogP contribution in [0.4, 0.5) is 0 Å². The zero-order valence-corrected chi connectivity index (χ0v) is 8.16. The van der Waals surface area contributed by atoms with E-state index in [1.54, 1.807) is 0 Å². The molecule has 4 nitrogen and oxygen atoms in total. The molecular formula is C9H17N3O. The number of fused-ring (bicyclic) bond motifs is 1. The van der Waals surface area contributed by atoms with E-state index < -0.39 is 0 Å². The summed E-state index contributed by atoms with van der Waals surface area (Å²) in [6.45, 7) is 6.01. The molecule has 0 aromatic heterocycles. The predicted molar refractivity (Wildman–Crippen MR) is 51.8 cm³/mol. The van der Waals surface area contributed by atoms with E-state index in [2.05, 4.69) is 24.2 Å². The third-order valence-electron chi connectivity index (χ3n) is 2.70. The van der Waals surface area contributed by atoms with Gasteiger partial charge in [0.1, 0.15) is 12.1 Å². The summed E-state index contributed by atoms with van der Waals surface area (Å²) in [6.07, 6.45) is 0.236. The predicted octanol–water partition coefficient (Wildman–Crippen LogP) is -0.261. The van der Waals surface area contributed by atoms with Crippen molar-refractivity contribution in [3.63, 3.8) is 0 Å². The molecular weight excluding hydrogens is 166 g/mol. The molecule has 3 atom stereocenters. The minimum absolute atomic E-state index is 0.0365. The number of nitrogens with zero attached hydrogens (tertiary/aromatic N) is 1. The van der Waals surface area contributed by atoms with E-state index in [1.165, 1.54) is 0 Å². The Morgan fingerprint density at radius 1 is 1.54 bits per heavy atom. The molecule has 4 heteroatoms. The molecule has 0 aromatic rings. The topological polar surface area (TPSA) is 59.6 Å². The highest BCUT2D eigenvalue weighted by Gasteiger charge is 2.37. The summed E-state index contributed by atoms with van der Waals surface area (Å²) in [5, 5.41) is 3.24. The van der Waals surface area contributed by atoms with E-state index in [1.807, 2.05) is 0 Å². The van der Waals surface area contributed by atoms with Gasteiger partial charge in [-0.05, 0) is 5.92 Å². The molecule has 2 aliphatic rings. The standard InChI is InChI=1S/C9H17N3O/c1-5(2)8(10)9-12-6-3-11-4-7(6)13-9/h5-8,11H,3-4,10H2,1-2H3. The highest BCUT2D eigenvalue weighted by Crippen LogP contribution is 2.19. The minimum atomic E-state index is -0.0365. The largest absolute Gasteiger partial charge is 0.473 e. The van der Waals surface area contributed by atoms with Crippen molar-refractivity contribution in [2.45, 2.75) is 32.0 Å². The van der Waals surface area contributed by atoms with Gasteiger partial charge in [-0.3, -0.25) is 0 Å². The van der Waals surface area contributed by atoms with E-state index in [4.69, 9.17) is 10.5 Å². The van der Waals surface area contributed by atoms with Gasteiger partial charge in [0.25, 0.3) is 0 Å². The maximum Gasteiger partial charge on any atom is 0.201 e. The minimum Gasteiger partial charge on any atom is -0.473 e. The third-order valence-corrected chi connectivity index (χ3v) is 2.70. The lowest BCUT2D eigenvalue weighted by molar-refractivity contribution is 0.212. The van der Waals surface area contributed by atoms with Gasteiger partial charge in [-0.15, -0.1) is 0 Å². The van der Waals surface area contributed by atoms with E-state index in [9.17, 15) is 0 Å². The maximum atomic E-state index is 5.95. The van der Waals surface area contributed by atoms with Crippen LogP contribution in [-0.2, 0) is 4.74 Å².